The van der Waals surface area contributed by atoms with Gasteiger partial charge in [-0.15, -0.1) is 6.58 Å². The van der Waals surface area contributed by atoms with E-state index >= 15 is 0 Å². The van der Waals surface area contributed by atoms with Crippen LogP contribution in [0.4, 0.5) is 0 Å². The maximum atomic E-state index is 12.1. The van der Waals surface area contributed by atoms with Crippen molar-refractivity contribution in [1.29, 1.82) is 0 Å². The van der Waals surface area contributed by atoms with Gasteiger partial charge in [-0.05, 0) is 32.2 Å². The number of aliphatic hydroxyl groups excluding tert-OH is 2. The summed E-state index contributed by atoms with van der Waals surface area (Å²) in [5.41, 5.74) is 0. The molecule has 5 nitrogen and oxygen atoms in total. The molecule has 0 aromatic rings. The van der Waals surface area contributed by atoms with Gasteiger partial charge in [-0.2, -0.15) is 0 Å². The Morgan fingerprint density at radius 2 is 1.68 bits per heavy atom. The van der Waals surface area contributed by atoms with Gasteiger partial charge in [0.05, 0.1) is 12.7 Å². The van der Waals surface area contributed by atoms with E-state index in [1.165, 1.54) is 32.1 Å². The lowest BCUT2D eigenvalue weighted by atomic mass is 10.1. The van der Waals surface area contributed by atoms with Crippen LogP contribution in [-0.2, 0) is 9.53 Å². The number of aliphatic hydroxyl groups is 2. The zero-order chi connectivity index (χ0) is 20.9. The SMILES string of the molecule is C=CCC(CCCCCCCC)OC(=O)CCCCCCCNCC(O)CO. The second-order valence-corrected chi connectivity index (χ2v) is 7.75. The summed E-state index contributed by atoms with van der Waals surface area (Å²) in [5.74, 6) is -0.0718. The molecular weight excluding hydrogens is 354 g/mol. The number of nitrogens with one attached hydrogen (secondary N) is 1. The molecule has 0 aliphatic heterocycles. The lowest BCUT2D eigenvalue weighted by molar-refractivity contribution is -0.149. The summed E-state index contributed by atoms with van der Waals surface area (Å²) in [6.45, 7) is 7.10. The van der Waals surface area contributed by atoms with Gasteiger partial charge < -0.3 is 20.3 Å². The van der Waals surface area contributed by atoms with Crippen LogP contribution < -0.4 is 5.32 Å². The molecule has 0 aliphatic carbocycles. The molecule has 2 unspecified atom stereocenters. The number of hydrogen-bond acceptors (Lipinski definition) is 5. The van der Waals surface area contributed by atoms with E-state index in [1.54, 1.807) is 0 Å². The predicted molar refractivity (Wildman–Crippen MR) is 116 cm³/mol. The van der Waals surface area contributed by atoms with Crippen LogP contribution >= 0.6 is 0 Å². The largest absolute Gasteiger partial charge is 0.462 e. The number of rotatable bonds is 21. The Morgan fingerprint density at radius 1 is 1.04 bits per heavy atom. The third-order valence-electron chi connectivity index (χ3n) is 4.93. The maximum absolute atomic E-state index is 12.1. The van der Waals surface area contributed by atoms with E-state index in [1.807, 2.05) is 6.08 Å². The van der Waals surface area contributed by atoms with Gasteiger partial charge in [0.15, 0.2) is 0 Å². The number of unbranched alkanes of at least 4 members (excludes halogenated alkanes) is 9. The number of esters is 1. The topological polar surface area (TPSA) is 78.8 Å². The summed E-state index contributed by atoms with van der Waals surface area (Å²) in [4.78, 5) is 12.1. The summed E-state index contributed by atoms with van der Waals surface area (Å²) in [5, 5.41) is 21.0. The van der Waals surface area contributed by atoms with E-state index in [4.69, 9.17) is 9.84 Å². The third kappa shape index (κ3) is 18.5. The minimum absolute atomic E-state index is 0.00322. The Balaban J connectivity index is 3.62. The van der Waals surface area contributed by atoms with Crippen molar-refractivity contribution in [3.63, 3.8) is 0 Å². The quantitative estimate of drug-likeness (QED) is 0.150. The number of carbonyl (C=O) groups excluding carboxylic acids is 1. The number of ether oxygens (including phenoxy) is 1. The van der Waals surface area contributed by atoms with Gasteiger partial charge in [-0.1, -0.05) is 64.4 Å². The van der Waals surface area contributed by atoms with Gasteiger partial charge >= 0.3 is 5.97 Å². The molecule has 0 heterocycles. The van der Waals surface area contributed by atoms with Crippen LogP contribution in [0.3, 0.4) is 0 Å². The molecule has 0 fully saturated rings. The van der Waals surface area contributed by atoms with Gasteiger partial charge in [-0.3, -0.25) is 4.79 Å². The highest BCUT2D eigenvalue weighted by Crippen LogP contribution is 2.15. The van der Waals surface area contributed by atoms with Crippen LogP contribution in [0.25, 0.3) is 0 Å². The van der Waals surface area contributed by atoms with Gasteiger partial charge in [0.25, 0.3) is 0 Å². The van der Waals surface area contributed by atoms with E-state index in [9.17, 15) is 9.90 Å². The van der Waals surface area contributed by atoms with E-state index in [2.05, 4.69) is 18.8 Å². The highest BCUT2D eigenvalue weighted by atomic mass is 16.5. The maximum Gasteiger partial charge on any atom is 0.306 e. The van der Waals surface area contributed by atoms with E-state index in [0.717, 1.165) is 57.9 Å². The first-order chi connectivity index (χ1) is 13.6. The molecule has 0 amide bonds. The fraction of sp³-hybridized carbons (Fsp3) is 0.870. The van der Waals surface area contributed by atoms with Crippen molar-refractivity contribution < 1.29 is 19.7 Å². The van der Waals surface area contributed by atoms with Crippen LogP contribution in [0, 0.1) is 0 Å². The van der Waals surface area contributed by atoms with Crippen LogP contribution in [0.1, 0.15) is 96.8 Å². The smallest absolute Gasteiger partial charge is 0.306 e. The highest BCUT2D eigenvalue weighted by molar-refractivity contribution is 5.69. The monoisotopic (exact) mass is 399 g/mol. The van der Waals surface area contributed by atoms with Crippen molar-refractivity contribution in [3.05, 3.63) is 12.7 Å². The molecule has 0 rings (SSSR count). The molecule has 2 atom stereocenters. The molecule has 0 radical (unpaired) electrons. The Bertz CT molecular complexity index is 363. The second-order valence-electron chi connectivity index (χ2n) is 7.75. The normalized spacial score (nSPS) is 13.2. The standard InChI is InChI=1S/C23H45NO4/c1-3-5-6-7-9-12-16-22(15-4-2)28-23(27)17-13-10-8-11-14-18-24-19-21(26)20-25/h4,21-22,24-26H,2-3,5-20H2,1H3. The van der Waals surface area contributed by atoms with Crippen LogP contribution in [0.2, 0.25) is 0 Å². The summed E-state index contributed by atoms with van der Waals surface area (Å²) < 4.78 is 5.65. The van der Waals surface area contributed by atoms with E-state index in [0.29, 0.717) is 13.0 Å². The van der Waals surface area contributed by atoms with Crippen LogP contribution in [0.15, 0.2) is 12.7 Å². The lowest BCUT2D eigenvalue weighted by Crippen LogP contribution is -2.29. The third-order valence-corrected chi connectivity index (χ3v) is 4.93. The first kappa shape index (κ1) is 27.1. The lowest BCUT2D eigenvalue weighted by Gasteiger charge is -2.16. The molecular formula is C23H45NO4. The minimum Gasteiger partial charge on any atom is -0.462 e. The van der Waals surface area contributed by atoms with Crippen molar-refractivity contribution >= 4 is 5.97 Å². The molecule has 0 spiro atoms. The summed E-state index contributed by atoms with van der Waals surface area (Å²) >= 11 is 0. The fourth-order valence-electron chi connectivity index (χ4n) is 3.19. The molecule has 5 heteroatoms. The molecule has 3 N–H and O–H groups in total. The first-order valence-electron chi connectivity index (χ1n) is 11.4. The molecule has 0 saturated heterocycles. The Labute approximate surface area is 172 Å². The van der Waals surface area contributed by atoms with Crippen molar-refractivity contribution in [2.45, 2.75) is 109 Å². The van der Waals surface area contributed by atoms with Crippen LogP contribution in [-0.4, -0.2) is 48.1 Å². The number of hydrogen-bond donors (Lipinski definition) is 3. The molecule has 0 saturated carbocycles. The van der Waals surface area contributed by atoms with Crippen molar-refractivity contribution in [3.8, 4) is 0 Å². The zero-order valence-corrected chi connectivity index (χ0v) is 18.2. The molecule has 166 valence electrons. The Kier molecular flexibility index (Phi) is 20.1. The average Bonchev–Trinajstić information content (AvgIpc) is 2.69. The molecule has 0 aromatic heterocycles. The Morgan fingerprint density at radius 3 is 2.36 bits per heavy atom. The van der Waals surface area contributed by atoms with Crippen LogP contribution in [0.5, 0.6) is 0 Å². The minimum atomic E-state index is -0.669. The average molecular weight is 400 g/mol. The summed E-state index contributed by atoms with van der Waals surface area (Å²) in [7, 11) is 0. The molecule has 28 heavy (non-hydrogen) atoms. The van der Waals surface area contributed by atoms with Gasteiger partial charge in [0.1, 0.15) is 6.10 Å². The number of carbonyl (C=O) groups is 1. The first-order valence-corrected chi connectivity index (χ1v) is 11.4. The fourth-order valence-corrected chi connectivity index (χ4v) is 3.19. The van der Waals surface area contributed by atoms with Gasteiger partial charge in [0.2, 0.25) is 0 Å². The summed E-state index contributed by atoms with van der Waals surface area (Å²) in [6.07, 6.45) is 16.1. The summed E-state index contributed by atoms with van der Waals surface area (Å²) in [6, 6.07) is 0. The molecule has 0 aromatic carbocycles. The van der Waals surface area contributed by atoms with E-state index < -0.39 is 6.10 Å². The van der Waals surface area contributed by atoms with Gasteiger partial charge in [-0.25, -0.2) is 0 Å². The second kappa shape index (κ2) is 20.8. The molecule has 0 bridgehead atoms. The Hall–Kier alpha value is -0.910. The highest BCUT2D eigenvalue weighted by Gasteiger charge is 2.12. The van der Waals surface area contributed by atoms with E-state index in [-0.39, 0.29) is 18.7 Å². The zero-order valence-electron chi connectivity index (χ0n) is 18.2. The molecule has 0 aliphatic rings. The van der Waals surface area contributed by atoms with Crippen molar-refractivity contribution in [1.82, 2.24) is 5.32 Å². The van der Waals surface area contributed by atoms with Gasteiger partial charge in [0, 0.05) is 19.4 Å². The predicted octanol–water partition coefficient (Wildman–Crippen LogP) is 4.51. The van der Waals surface area contributed by atoms with Crippen molar-refractivity contribution in [2.75, 3.05) is 19.7 Å². The van der Waals surface area contributed by atoms with Crippen molar-refractivity contribution in [2.24, 2.45) is 0 Å².